The Bertz CT molecular complexity index is 2540. The highest BCUT2D eigenvalue weighted by Gasteiger charge is 2.73. The molecule has 11 nitrogen and oxygen atoms in total. The maximum atomic E-state index is 13.0. The standard InChI is InChI=1S/C40H70N2O4.C30H50O2.C5H11NO2.CH4/c1-27(2)28-16-21-40(26-45-33(43)24-41(8,9)10)23-22-38(6)29(35(28)40)14-15-31-37(5)19-18-32(46-34(44)25-42(11,12)13)36(3,4)30(37)17-20-39(31,38)7;1-19(2)20-10-15-30(18-31)17-16-28(6)21(25(20)30)8-9-23-27(5)13-12-24(32)26(3,4)22(27)11-14-29(23,28)7;1-6(2,3)4-5(7)8;/h28-32,35H,1,14-26H2,2-13H3;20-25,31-32H,1,8-18H2,2-7H3;4H2,1-3H3;1H4/q+2;;;/p+1/t28-,29?,30?,31?,32-,35?,37-,38+,39+,40+;20-,21?,22?,23?,24-,25?,27-,28+,29+,30+;;/m00../s1. The summed E-state index contributed by atoms with van der Waals surface area (Å²) in [5, 5.41) is 29.8. The topological polar surface area (TPSA) is 130 Å². The fourth-order valence-corrected chi connectivity index (χ4v) is 24.9. The smallest absolute Gasteiger partial charge is 0.362 e. The van der Waals surface area contributed by atoms with E-state index >= 15 is 0 Å². The molecule has 8 unspecified atom stereocenters. The van der Waals surface area contributed by atoms with Gasteiger partial charge in [-0.1, -0.05) is 101 Å². The third-order valence-corrected chi connectivity index (χ3v) is 29.3. The highest BCUT2D eigenvalue weighted by atomic mass is 16.5. The summed E-state index contributed by atoms with van der Waals surface area (Å²) in [4.78, 5) is 36.0. The normalized spacial score (nSPS) is 44.8. The fourth-order valence-electron chi connectivity index (χ4n) is 24.9. The van der Waals surface area contributed by atoms with E-state index in [0.717, 1.165) is 43.9 Å². The van der Waals surface area contributed by atoms with Gasteiger partial charge in [0, 0.05) is 17.4 Å². The van der Waals surface area contributed by atoms with Crippen molar-refractivity contribution in [2.45, 2.75) is 231 Å². The molecule has 0 radical (unpaired) electrons. The number of hydrogen-bond acceptors (Lipinski definition) is 7. The first-order valence-corrected chi connectivity index (χ1v) is 34.9. The number of allylic oxidation sites excluding steroid dienone is 2. The number of carbonyl (C=O) groups excluding carboxylic acids is 2. The summed E-state index contributed by atoms with van der Waals surface area (Å²) in [5.41, 5.74) is 4.72. The van der Waals surface area contributed by atoms with Gasteiger partial charge in [-0.25, -0.2) is 14.4 Å². The number of fused-ring (bicyclic) bond motifs is 14. The van der Waals surface area contributed by atoms with E-state index < -0.39 is 5.97 Å². The number of carboxylic acid groups (broad SMARTS) is 1. The van der Waals surface area contributed by atoms with Crippen LogP contribution in [-0.4, -0.2) is 155 Å². The first-order valence-electron chi connectivity index (χ1n) is 34.9. The van der Waals surface area contributed by atoms with Gasteiger partial charge in [-0.3, -0.25) is 0 Å². The van der Waals surface area contributed by atoms with Crippen LogP contribution < -0.4 is 0 Å². The van der Waals surface area contributed by atoms with Crippen LogP contribution in [0.25, 0.3) is 0 Å². The Balaban J connectivity index is 0.000000228. The van der Waals surface area contributed by atoms with Gasteiger partial charge in [-0.15, -0.1) is 0 Å². The van der Waals surface area contributed by atoms with Crippen molar-refractivity contribution in [1.82, 2.24) is 0 Å². The number of ether oxygens (including phenoxy) is 2. The van der Waals surface area contributed by atoms with Gasteiger partial charge in [-0.2, -0.15) is 0 Å². The third kappa shape index (κ3) is 12.5. The minimum Gasteiger partial charge on any atom is -0.477 e. The van der Waals surface area contributed by atoms with Gasteiger partial charge >= 0.3 is 17.9 Å². The second kappa shape index (κ2) is 24.2. The van der Waals surface area contributed by atoms with E-state index in [4.69, 9.17) is 14.6 Å². The van der Waals surface area contributed by atoms with Crippen LogP contribution in [0.15, 0.2) is 24.3 Å². The summed E-state index contributed by atoms with van der Waals surface area (Å²) in [6.45, 7) is 40.9. The summed E-state index contributed by atoms with van der Waals surface area (Å²) in [7, 11) is 17.9. The molecule has 10 saturated carbocycles. The van der Waals surface area contributed by atoms with Gasteiger partial charge in [0.25, 0.3) is 0 Å². The fraction of sp³-hybridized carbons (Fsp3) is 0.908. The third-order valence-electron chi connectivity index (χ3n) is 29.3. The Morgan fingerprint density at radius 1 is 0.471 bits per heavy atom. The molecular weight excluding hydrogens is 1080 g/mol. The van der Waals surface area contributed by atoms with Crippen molar-refractivity contribution in [1.29, 1.82) is 0 Å². The molecule has 11 heteroatoms. The number of rotatable bonds is 12. The van der Waals surface area contributed by atoms with Crippen LogP contribution in [-0.2, 0) is 23.9 Å². The van der Waals surface area contributed by atoms with Crippen LogP contribution in [0.1, 0.15) is 219 Å². The number of aliphatic hydroxyl groups excluding tert-OH is 2. The minimum atomic E-state index is -0.752. The second-order valence-corrected chi connectivity index (χ2v) is 37.9. The van der Waals surface area contributed by atoms with Crippen LogP contribution in [0, 0.1) is 113 Å². The first kappa shape index (κ1) is 72.1. The predicted molar refractivity (Wildman–Crippen MR) is 355 cm³/mol. The van der Waals surface area contributed by atoms with E-state index in [2.05, 4.69) is 139 Å². The van der Waals surface area contributed by atoms with Crippen molar-refractivity contribution in [3.8, 4) is 0 Å². The zero-order valence-corrected chi connectivity index (χ0v) is 59.2. The Labute approximate surface area is 533 Å². The molecule has 0 aliphatic heterocycles. The van der Waals surface area contributed by atoms with Crippen molar-refractivity contribution in [3.63, 3.8) is 0 Å². The van der Waals surface area contributed by atoms with E-state index in [9.17, 15) is 24.6 Å². The Hall–Kier alpha value is -2.31. The van der Waals surface area contributed by atoms with Gasteiger partial charge in [0.2, 0.25) is 0 Å². The molecule has 0 aromatic carbocycles. The molecule has 0 heterocycles. The maximum absolute atomic E-state index is 13.0. The van der Waals surface area contributed by atoms with Crippen molar-refractivity contribution in [2.75, 3.05) is 96.3 Å². The molecule has 500 valence electrons. The number of hydrogen-bond donors (Lipinski definition) is 3. The van der Waals surface area contributed by atoms with Gasteiger partial charge in [0.1, 0.15) is 6.10 Å². The van der Waals surface area contributed by atoms with Gasteiger partial charge < -0.3 is 38.2 Å². The average Bonchev–Trinajstić information content (AvgIpc) is 1.50. The molecule has 87 heavy (non-hydrogen) atoms. The lowest BCUT2D eigenvalue weighted by Crippen LogP contribution is -2.67. The lowest BCUT2D eigenvalue weighted by atomic mass is 9.32. The summed E-state index contributed by atoms with van der Waals surface area (Å²) in [6, 6.07) is 0. The molecule has 0 aromatic heterocycles. The quantitative estimate of drug-likeness (QED) is 0.100. The zero-order chi connectivity index (χ0) is 64.4. The largest absolute Gasteiger partial charge is 0.477 e. The summed E-state index contributed by atoms with van der Waals surface area (Å²) >= 11 is 0. The van der Waals surface area contributed by atoms with Crippen LogP contribution in [0.5, 0.6) is 0 Å². The summed E-state index contributed by atoms with van der Waals surface area (Å²) < 4.78 is 14.2. The average molecular weight is 1220 g/mol. The van der Waals surface area contributed by atoms with Crippen LogP contribution in [0.2, 0.25) is 0 Å². The van der Waals surface area contributed by atoms with Gasteiger partial charge in [-0.05, 0) is 245 Å². The molecule has 0 aromatic rings. The second-order valence-electron chi connectivity index (χ2n) is 37.9. The van der Waals surface area contributed by atoms with E-state index in [0.29, 0.717) is 103 Å². The maximum Gasteiger partial charge on any atom is 0.362 e. The van der Waals surface area contributed by atoms with Crippen LogP contribution >= 0.6 is 0 Å². The van der Waals surface area contributed by atoms with Crippen molar-refractivity contribution < 1.29 is 52.6 Å². The molecule has 3 N–H and O–H groups in total. The molecule has 10 fully saturated rings. The lowest BCUT2D eigenvalue weighted by Gasteiger charge is -2.73. The number of aliphatic carboxylic acids is 1. The molecule has 20 atom stereocenters. The molecule has 0 bridgehead atoms. The van der Waals surface area contributed by atoms with Crippen LogP contribution in [0.4, 0.5) is 0 Å². The number of aliphatic hydroxyl groups is 2. The molecule has 10 aliphatic carbocycles. The van der Waals surface area contributed by atoms with Crippen LogP contribution in [0.3, 0.4) is 0 Å². The molecule has 0 saturated heterocycles. The van der Waals surface area contributed by atoms with Crippen molar-refractivity contribution >= 4 is 17.9 Å². The molecule has 0 amide bonds. The first-order chi connectivity index (χ1) is 39.3. The number of carboxylic acids is 1. The monoisotopic (exact) mass is 1220 g/mol. The van der Waals surface area contributed by atoms with Gasteiger partial charge in [0.05, 0.1) is 76.1 Å². The number of esters is 2. The van der Waals surface area contributed by atoms with E-state index in [1.807, 2.05) is 21.1 Å². The van der Waals surface area contributed by atoms with Gasteiger partial charge in [0.15, 0.2) is 19.6 Å². The number of carbonyl (C=O) groups is 3. The van der Waals surface area contributed by atoms with Crippen molar-refractivity contribution in [2.24, 2.45) is 113 Å². The Morgan fingerprint density at radius 3 is 1.31 bits per heavy atom. The molecule has 10 rings (SSSR count). The Kier molecular flexibility index (Phi) is 20.1. The summed E-state index contributed by atoms with van der Waals surface area (Å²) in [5.74, 6) is 5.36. The lowest BCUT2D eigenvalue weighted by molar-refractivity contribution is -0.862. The van der Waals surface area contributed by atoms with E-state index in [1.165, 1.54) is 107 Å². The molecule has 0 spiro atoms. The SMILES string of the molecule is C.C=C(C)[C@@H]1CC[C@]2(CO)CC[C@]3(C)C(CCC4[C@@]5(C)CC[C@H](O)C(C)(C)C5CC[C@]43C)C12.C=C(C)[C@@H]1CC[C@]2(COC(=O)C[N+](C)(C)C)CC[C@]3(C)C(CCC4[C@@]5(C)CC[C@H](OC(=O)C[N+](C)(C)C)C(C)(C)C5CC[C@]43C)C12.C[N+](C)(C)CC(=O)O. The Morgan fingerprint density at radius 2 is 0.885 bits per heavy atom. The highest BCUT2D eigenvalue weighted by Crippen LogP contribution is 2.80. The number of likely N-dealkylation sites (N-methyl/N-ethyl adjacent to an activating group) is 3. The number of quaternary nitrogens is 3. The highest BCUT2D eigenvalue weighted by molar-refractivity contribution is 5.71. The minimum absolute atomic E-state index is 0. The van der Waals surface area contributed by atoms with E-state index in [-0.39, 0.29) is 76.0 Å². The number of nitrogens with zero attached hydrogens (tertiary/aromatic N) is 3. The zero-order valence-electron chi connectivity index (χ0n) is 59.2. The van der Waals surface area contributed by atoms with Crippen molar-refractivity contribution in [3.05, 3.63) is 24.3 Å². The van der Waals surface area contributed by atoms with E-state index in [1.54, 1.807) is 0 Å². The predicted octanol–water partition coefficient (Wildman–Crippen LogP) is 14.9. The molecule has 10 aliphatic rings. The molecular formula is C76H136N3O8+3. The summed E-state index contributed by atoms with van der Waals surface area (Å²) in [6.07, 6.45) is 24.1.